The molecule has 8 nitrogen and oxygen atoms in total. The van der Waals surface area contributed by atoms with E-state index in [4.69, 9.17) is 14.2 Å². The van der Waals surface area contributed by atoms with Gasteiger partial charge in [-0.1, -0.05) is 6.08 Å². The molecule has 2 saturated heterocycles. The largest absolute Gasteiger partial charge is 0.394 e. The van der Waals surface area contributed by atoms with Crippen LogP contribution in [0.4, 0.5) is 0 Å². The summed E-state index contributed by atoms with van der Waals surface area (Å²) in [6.07, 6.45) is -4.29. The fourth-order valence-corrected chi connectivity index (χ4v) is 3.14. The molecule has 8 heteroatoms. The third-order valence-corrected chi connectivity index (χ3v) is 4.89. The highest BCUT2D eigenvalue weighted by Crippen LogP contribution is 2.39. The highest BCUT2D eigenvalue weighted by Gasteiger charge is 2.50. The smallest absolute Gasteiger partial charge is 0.187 e. The summed E-state index contributed by atoms with van der Waals surface area (Å²) in [7, 11) is 0. The zero-order valence-corrected chi connectivity index (χ0v) is 14.0. The quantitative estimate of drug-likeness (QED) is 0.374. The van der Waals surface area contributed by atoms with Crippen LogP contribution >= 0.6 is 0 Å². The Morgan fingerprint density at radius 1 is 1.21 bits per heavy atom. The minimum Gasteiger partial charge on any atom is -0.394 e. The summed E-state index contributed by atoms with van der Waals surface area (Å²) >= 11 is 0. The molecule has 0 aromatic rings. The molecule has 2 heterocycles. The second kappa shape index (κ2) is 7.35. The molecule has 0 saturated carbocycles. The van der Waals surface area contributed by atoms with Crippen molar-refractivity contribution in [2.45, 2.75) is 74.7 Å². The SMILES string of the molecule is C=C[C@@]1(CO)CC[C@H](C(C)(C)O[C@@H]2O[C@H](CO)[C@@H](O)[C@H](O)[C@H]2O)O1. The van der Waals surface area contributed by atoms with E-state index in [1.54, 1.807) is 19.9 Å². The second-order valence-corrected chi connectivity index (χ2v) is 6.99. The molecular weight excluding hydrogens is 320 g/mol. The minimum absolute atomic E-state index is 0.191. The van der Waals surface area contributed by atoms with Crippen LogP contribution in [0.15, 0.2) is 12.7 Å². The molecule has 0 aromatic carbocycles. The average molecular weight is 348 g/mol. The summed E-state index contributed by atoms with van der Waals surface area (Å²) in [5.41, 5.74) is -1.73. The van der Waals surface area contributed by atoms with Crippen LogP contribution in [0.25, 0.3) is 0 Å². The molecule has 0 amide bonds. The van der Waals surface area contributed by atoms with Crippen molar-refractivity contribution in [3.8, 4) is 0 Å². The van der Waals surface area contributed by atoms with Gasteiger partial charge in [0, 0.05) is 0 Å². The molecule has 2 aliphatic rings. The summed E-state index contributed by atoms with van der Waals surface area (Å²) in [5.74, 6) is 0. The van der Waals surface area contributed by atoms with Crippen molar-refractivity contribution in [1.29, 1.82) is 0 Å². The number of aliphatic hydroxyl groups is 5. The van der Waals surface area contributed by atoms with Crippen molar-refractivity contribution in [2.75, 3.05) is 13.2 Å². The molecule has 7 atom stereocenters. The van der Waals surface area contributed by atoms with Crippen LogP contribution in [0, 0.1) is 0 Å². The Morgan fingerprint density at radius 3 is 2.38 bits per heavy atom. The number of hydrogen-bond donors (Lipinski definition) is 5. The van der Waals surface area contributed by atoms with Crippen molar-refractivity contribution in [2.24, 2.45) is 0 Å². The molecule has 5 N–H and O–H groups in total. The van der Waals surface area contributed by atoms with Crippen molar-refractivity contribution in [1.82, 2.24) is 0 Å². The molecule has 0 bridgehead atoms. The Bertz CT molecular complexity index is 440. The molecule has 2 rings (SSSR count). The lowest BCUT2D eigenvalue weighted by Crippen LogP contribution is -2.61. The molecular formula is C16H28O8. The standard InChI is InChI=1S/C16H28O8/c1-4-16(8-18)6-5-10(23-16)15(2,3)24-14-13(21)12(20)11(19)9(7-17)22-14/h4,9-14,17-21H,1,5-8H2,2-3H3/t9-,10-,11-,12+,13-,14+,16+/m1/s1. The molecule has 24 heavy (non-hydrogen) atoms. The summed E-state index contributed by atoms with van der Waals surface area (Å²) in [5, 5.41) is 48.5. The van der Waals surface area contributed by atoms with Gasteiger partial charge in [-0.3, -0.25) is 0 Å². The van der Waals surface area contributed by atoms with E-state index in [0.717, 1.165) is 0 Å². The second-order valence-electron chi connectivity index (χ2n) is 6.99. The highest BCUT2D eigenvalue weighted by atomic mass is 16.7. The van der Waals surface area contributed by atoms with E-state index in [-0.39, 0.29) is 6.61 Å². The van der Waals surface area contributed by atoms with Crippen molar-refractivity contribution in [3.63, 3.8) is 0 Å². The minimum atomic E-state index is -1.49. The van der Waals surface area contributed by atoms with Gasteiger partial charge in [-0.05, 0) is 26.7 Å². The summed E-state index contributed by atoms with van der Waals surface area (Å²) in [4.78, 5) is 0. The van der Waals surface area contributed by atoms with Gasteiger partial charge in [0.2, 0.25) is 0 Å². The first-order chi connectivity index (χ1) is 11.2. The van der Waals surface area contributed by atoms with Gasteiger partial charge in [0.05, 0.1) is 24.9 Å². The third-order valence-electron chi connectivity index (χ3n) is 4.89. The highest BCUT2D eigenvalue weighted by molar-refractivity contribution is 5.05. The lowest BCUT2D eigenvalue weighted by molar-refractivity contribution is -0.333. The zero-order valence-electron chi connectivity index (χ0n) is 14.0. The number of aliphatic hydroxyl groups excluding tert-OH is 5. The van der Waals surface area contributed by atoms with E-state index in [1.807, 2.05) is 0 Å². The van der Waals surface area contributed by atoms with Crippen LogP contribution in [0.1, 0.15) is 26.7 Å². The van der Waals surface area contributed by atoms with Gasteiger partial charge < -0.3 is 39.7 Å². The molecule has 140 valence electrons. The van der Waals surface area contributed by atoms with E-state index in [2.05, 4.69) is 6.58 Å². The third kappa shape index (κ3) is 3.66. The van der Waals surface area contributed by atoms with Gasteiger partial charge in [0.1, 0.15) is 30.0 Å². The van der Waals surface area contributed by atoms with E-state index in [0.29, 0.717) is 12.8 Å². The average Bonchev–Trinajstić information content (AvgIpc) is 3.01. The number of ether oxygens (including phenoxy) is 3. The van der Waals surface area contributed by atoms with Crippen LogP contribution in [0.2, 0.25) is 0 Å². The summed E-state index contributed by atoms with van der Waals surface area (Å²) in [6, 6.07) is 0. The Labute approximate surface area is 141 Å². The first-order valence-electron chi connectivity index (χ1n) is 8.10. The predicted octanol–water partition coefficient (Wildman–Crippen LogP) is -1.32. The maximum atomic E-state index is 10.1. The van der Waals surface area contributed by atoms with Gasteiger partial charge in [0.25, 0.3) is 0 Å². The van der Waals surface area contributed by atoms with Crippen LogP contribution in [-0.2, 0) is 14.2 Å². The molecule has 2 aliphatic heterocycles. The van der Waals surface area contributed by atoms with E-state index in [9.17, 15) is 25.5 Å². The number of rotatable bonds is 6. The van der Waals surface area contributed by atoms with E-state index in [1.165, 1.54) is 0 Å². The molecule has 0 radical (unpaired) electrons. The molecule has 0 spiro atoms. The summed E-state index contributed by atoms with van der Waals surface area (Å²) in [6.45, 7) is 6.47. The maximum Gasteiger partial charge on any atom is 0.187 e. The van der Waals surface area contributed by atoms with Crippen LogP contribution in [-0.4, -0.2) is 86.8 Å². The van der Waals surface area contributed by atoms with E-state index >= 15 is 0 Å². The first-order valence-corrected chi connectivity index (χ1v) is 8.10. The normalized spacial score (nSPS) is 43.8. The Balaban J connectivity index is 2.07. The molecule has 2 fully saturated rings. The van der Waals surface area contributed by atoms with E-state index < -0.39 is 54.6 Å². The van der Waals surface area contributed by atoms with Crippen LogP contribution in [0.3, 0.4) is 0 Å². The van der Waals surface area contributed by atoms with Crippen LogP contribution in [0.5, 0.6) is 0 Å². The predicted molar refractivity (Wildman–Crippen MR) is 83.1 cm³/mol. The maximum absolute atomic E-state index is 10.1. The molecule has 0 aliphatic carbocycles. The van der Waals surface area contributed by atoms with Crippen molar-refractivity contribution < 1.29 is 39.7 Å². The Morgan fingerprint density at radius 2 is 1.88 bits per heavy atom. The number of hydrogen-bond acceptors (Lipinski definition) is 8. The lowest BCUT2D eigenvalue weighted by Gasteiger charge is -2.44. The van der Waals surface area contributed by atoms with Crippen molar-refractivity contribution >= 4 is 0 Å². The lowest BCUT2D eigenvalue weighted by atomic mass is 9.95. The van der Waals surface area contributed by atoms with Gasteiger partial charge >= 0.3 is 0 Å². The van der Waals surface area contributed by atoms with Crippen molar-refractivity contribution in [3.05, 3.63) is 12.7 Å². The Hall–Kier alpha value is -0.580. The molecule has 0 aromatic heterocycles. The fourth-order valence-electron chi connectivity index (χ4n) is 3.14. The Kier molecular flexibility index (Phi) is 6.04. The zero-order chi connectivity index (χ0) is 18.1. The van der Waals surface area contributed by atoms with Crippen LogP contribution < -0.4 is 0 Å². The van der Waals surface area contributed by atoms with Gasteiger partial charge in [0.15, 0.2) is 6.29 Å². The first kappa shape index (κ1) is 19.7. The monoisotopic (exact) mass is 348 g/mol. The molecule has 0 unspecified atom stereocenters. The topological polar surface area (TPSA) is 129 Å². The van der Waals surface area contributed by atoms with Gasteiger partial charge in [-0.15, -0.1) is 6.58 Å². The van der Waals surface area contributed by atoms with Gasteiger partial charge in [-0.25, -0.2) is 0 Å². The van der Waals surface area contributed by atoms with Gasteiger partial charge in [-0.2, -0.15) is 0 Å². The fraction of sp³-hybridized carbons (Fsp3) is 0.875. The summed E-state index contributed by atoms with van der Waals surface area (Å²) < 4.78 is 17.1.